The zero-order chi connectivity index (χ0) is 12.3. The standard InChI is InChI=1S/C13H15N3S/c1-3-10(6-7-14)17-13-15-11-5-4-9(2)8-12(11)16-13/h4-5,8,10H,3,6H2,1-2H3,(H,15,16). The third kappa shape index (κ3) is 2.80. The van der Waals surface area contributed by atoms with Crippen LogP contribution < -0.4 is 0 Å². The van der Waals surface area contributed by atoms with Gasteiger partial charge in [0.2, 0.25) is 0 Å². The summed E-state index contributed by atoms with van der Waals surface area (Å²) < 4.78 is 0. The molecule has 0 saturated heterocycles. The maximum Gasteiger partial charge on any atom is 0.166 e. The summed E-state index contributed by atoms with van der Waals surface area (Å²) in [7, 11) is 0. The molecule has 2 rings (SSSR count). The van der Waals surface area contributed by atoms with Gasteiger partial charge < -0.3 is 4.98 Å². The number of rotatable bonds is 4. The highest BCUT2D eigenvalue weighted by molar-refractivity contribution is 7.99. The number of nitrogens with one attached hydrogen (secondary N) is 1. The first-order valence-electron chi connectivity index (χ1n) is 5.73. The van der Waals surface area contributed by atoms with Crippen LogP contribution in [0.5, 0.6) is 0 Å². The molecule has 1 aromatic carbocycles. The van der Waals surface area contributed by atoms with Crippen molar-refractivity contribution in [2.75, 3.05) is 0 Å². The molecule has 0 spiro atoms. The van der Waals surface area contributed by atoms with Crippen molar-refractivity contribution in [3.8, 4) is 6.07 Å². The van der Waals surface area contributed by atoms with E-state index in [1.807, 2.05) is 6.07 Å². The van der Waals surface area contributed by atoms with Gasteiger partial charge in [-0.05, 0) is 31.0 Å². The third-order valence-corrected chi connectivity index (χ3v) is 3.92. The van der Waals surface area contributed by atoms with Gasteiger partial charge >= 0.3 is 0 Å². The van der Waals surface area contributed by atoms with Crippen LogP contribution in [-0.2, 0) is 0 Å². The van der Waals surface area contributed by atoms with Crippen molar-refractivity contribution >= 4 is 22.8 Å². The molecule has 2 aromatic rings. The number of thioether (sulfide) groups is 1. The van der Waals surface area contributed by atoms with Crippen LogP contribution in [0.25, 0.3) is 11.0 Å². The molecule has 88 valence electrons. The molecule has 1 atom stereocenters. The minimum absolute atomic E-state index is 0.321. The summed E-state index contributed by atoms with van der Waals surface area (Å²) in [4.78, 5) is 7.82. The molecule has 0 saturated carbocycles. The van der Waals surface area contributed by atoms with Gasteiger partial charge in [0.05, 0.1) is 17.1 Å². The van der Waals surface area contributed by atoms with Gasteiger partial charge in [-0.25, -0.2) is 4.98 Å². The maximum atomic E-state index is 8.73. The first-order chi connectivity index (χ1) is 8.22. The topological polar surface area (TPSA) is 52.5 Å². The van der Waals surface area contributed by atoms with E-state index in [0.717, 1.165) is 22.6 Å². The van der Waals surface area contributed by atoms with E-state index in [4.69, 9.17) is 5.26 Å². The Morgan fingerprint density at radius 3 is 3.06 bits per heavy atom. The lowest BCUT2D eigenvalue weighted by molar-refractivity contribution is 0.837. The minimum Gasteiger partial charge on any atom is -0.333 e. The van der Waals surface area contributed by atoms with Crippen molar-refractivity contribution in [3.05, 3.63) is 23.8 Å². The summed E-state index contributed by atoms with van der Waals surface area (Å²) in [6.45, 7) is 4.17. The van der Waals surface area contributed by atoms with E-state index >= 15 is 0 Å². The number of imidazole rings is 1. The molecule has 17 heavy (non-hydrogen) atoms. The molecule has 1 heterocycles. The van der Waals surface area contributed by atoms with Crippen LogP contribution in [0.4, 0.5) is 0 Å². The molecule has 1 N–H and O–H groups in total. The first-order valence-corrected chi connectivity index (χ1v) is 6.61. The van der Waals surface area contributed by atoms with Crippen molar-refractivity contribution in [3.63, 3.8) is 0 Å². The summed E-state index contributed by atoms with van der Waals surface area (Å²) >= 11 is 1.66. The summed E-state index contributed by atoms with van der Waals surface area (Å²) in [6, 6.07) is 8.40. The SMILES string of the molecule is CCC(CC#N)Sc1nc2ccc(C)cc2[nH]1. The molecule has 4 heteroatoms. The lowest BCUT2D eigenvalue weighted by Crippen LogP contribution is -1.99. The van der Waals surface area contributed by atoms with Crippen LogP contribution in [0.1, 0.15) is 25.3 Å². The molecule has 0 aliphatic heterocycles. The highest BCUT2D eigenvalue weighted by Gasteiger charge is 2.11. The molecular weight excluding hydrogens is 230 g/mol. The van der Waals surface area contributed by atoms with Gasteiger partial charge in [0.1, 0.15) is 0 Å². The Bertz CT molecular complexity index is 553. The lowest BCUT2D eigenvalue weighted by atomic mass is 10.2. The van der Waals surface area contributed by atoms with E-state index < -0.39 is 0 Å². The Balaban J connectivity index is 2.22. The van der Waals surface area contributed by atoms with Crippen molar-refractivity contribution in [2.45, 2.75) is 37.1 Å². The Morgan fingerprint density at radius 2 is 2.35 bits per heavy atom. The Kier molecular flexibility index (Phi) is 3.70. The Hall–Kier alpha value is -1.47. The number of aromatic amines is 1. The van der Waals surface area contributed by atoms with Crippen LogP contribution in [0.2, 0.25) is 0 Å². The quantitative estimate of drug-likeness (QED) is 0.836. The van der Waals surface area contributed by atoms with Crippen molar-refractivity contribution < 1.29 is 0 Å². The molecule has 0 radical (unpaired) electrons. The second-order valence-corrected chi connectivity index (χ2v) is 5.36. The van der Waals surface area contributed by atoms with Crippen LogP contribution in [0, 0.1) is 18.3 Å². The van der Waals surface area contributed by atoms with Gasteiger partial charge in [-0.2, -0.15) is 5.26 Å². The predicted octanol–water partition coefficient (Wildman–Crippen LogP) is 3.66. The molecule has 0 aliphatic rings. The predicted molar refractivity (Wildman–Crippen MR) is 71.0 cm³/mol. The summed E-state index contributed by atoms with van der Waals surface area (Å²) in [6.07, 6.45) is 1.55. The fourth-order valence-electron chi connectivity index (χ4n) is 1.68. The molecule has 3 nitrogen and oxygen atoms in total. The molecule has 0 bridgehead atoms. The monoisotopic (exact) mass is 245 g/mol. The second kappa shape index (κ2) is 5.24. The van der Waals surface area contributed by atoms with Crippen LogP contribution in [-0.4, -0.2) is 15.2 Å². The molecule has 0 aliphatic carbocycles. The third-order valence-electron chi connectivity index (χ3n) is 2.67. The number of fused-ring (bicyclic) bond motifs is 1. The van der Waals surface area contributed by atoms with Gasteiger partial charge in [-0.3, -0.25) is 0 Å². The van der Waals surface area contributed by atoms with Crippen LogP contribution in [0.3, 0.4) is 0 Å². The van der Waals surface area contributed by atoms with Crippen molar-refractivity contribution in [1.29, 1.82) is 5.26 Å². The fraction of sp³-hybridized carbons (Fsp3) is 0.385. The van der Waals surface area contributed by atoms with Gasteiger partial charge in [-0.1, -0.05) is 24.8 Å². The fourth-order valence-corrected chi connectivity index (χ4v) is 2.65. The highest BCUT2D eigenvalue weighted by atomic mass is 32.2. The number of nitriles is 1. The average molecular weight is 245 g/mol. The van der Waals surface area contributed by atoms with Gasteiger partial charge in [-0.15, -0.1) is 0 Å². The zero-order valence-corrected chi connectivity index (χ0v) is 10.8. The summed E-state index contributed by atoms with van der Waals surface area (Å²) in [5.74, 6) is 0. The Labute approximate surface area is 105 Å². The van der Waals surface area contributed by atoms with Gasteiger partial charge in [0.15, 0.2) is 5.16 Å². The van der Waals surface area contributed by atoms with E-state index in [1.54, 1.807) is 11.8 Å². The number of hydrogen-bond acceptors (Lipinski definition) is 3. The summed E-state index contributed by atoms with van der Waals surface area (Å²) in [5, 5.41) is 9.96. The van der Waals surface area contributed by atoms with E-state index in [1.165, 1.54) is 5.56 Å². The normalized spacial score (nSPS) is 12.5. The van der Waals surface area contributed by atoms with Crippen LogP contribution >= 0.6 is 11.8 Å². The van der Waals surface area contributed by atoms with E-state index in [0.29, 0.717) is 11.7 Å². The van der Waals surface area contributed by atoms with Crippen molar-refractivity contribution in [1.82, 2.24) is 9.97 Å². The zero-order valence-electron chi connectivity index (χ0n) is 10.0. The second-order valence-electron chi connectivity index (χ2n) is 4.07. The Morgan fingerprint density at radius 1 is 1.53 bits per heavy atom. The van der Waals surface area contributed by atoms with E-state index in [2.05, 4.69) is 42.0 Å². The first kappa shape index (κ1) is 12.0. The lowest BCUT2D eigenvalue weighted by Gasteiger charge is -2.06. The maximum absolute atomic E-state index is 8.73. The average Bonchev–Trinajstić information content (AvgIpc) is 2.69. The molecule has 1 aromatic heterocycles. The van der Waals surface area contributed by atoms with Crippen LogP contribution in [0.15, 0.2) is 23.4 Å². The molecule has 1 unspecified atom stereocenters. The van der Waals surface area contributed by atoms with E-state index in [-0.39, 0.29) is 0 Å². The van der Waals surface area contributed by atoms with Gasteiger partial charge in [0, 0.05) is 11.7 Å². The number of aryl methyl sites for hydroxylation is 1. The number of nitrogens with zero attached hydrogens (tertiary/aromatic N) is 2. The largest absolute Gasteiger partial charge is 0.333 e. The number of hydrogen-bond donors (Lipinski definition) is 1. The van der Waals surface area contributed by atoms with Gasteiger partial charge in [0.25, 0.3) is 0 Å². The smallest absolute Gasteiger partial charge is 0.166 e. The van der Waals surface area contributed by atoms with E-state index in [9.17, 15) is 0 Å². The molecule has 0 amide bonds. The van der Waals surface area contributed by atoms with Crippen molar-refractivity contribution in [2.24, 2.45) is 0 Å². The number of aromatic nitrogens is 2. The molecular formula is C13H15N3S. The number of benzene rings is 1. The summed E-state index contributed by atoms with van der Waals surface area (Å²) in [5.41, 5.74) is 3.28. The highest BCUT2D eigenvalue weighted by Crippen LogP contribution is 2.27. The number of H-pyrrole nitrogens is 1. The minimum atomic E-state index is 0.321. The molecule has 0 fully saturated rings.